The first kappa shape index (κ1) is 36.6. The lowest BCUT2D eigenvalue weighted by atomic mass is 9.36. The van der Waals surface area contributed by atoms with Crippen molar-refractivity contribution in [1.29, 1.82) is 0 Å². The average Bonchev–Trinajstić information content (AvgIpc) is 3.31. The number of aromatic carboxylic acids is 1. The summed E-state index contributed by atoms with van der Waals surface area (Å²) in [4.78, 5) is 49.7. The summed E-state index contributed by atoms with van der Waals surface area (Å²) in [7, 11) is 0. The number of hydrogen-bond donors (Lipinski definition) is 4. The molecule has 5 aliphatic rings. The van der Waals surface area contributed by atoms with Crippen LogP contribution in [0.15, 0.2) is 30.3 Å². The number of nitrogens with one attached hydrogen (secondary N) is 1. The van der Waals surface area contributed by atoms with Crippen molar-refractivity contribution in [2.24, 2.45) is 56.7 Å². The molecule has 1 amide bonds. The number of allylic oxidation sites excluding steroid dienone is 2. The quantitative estimate of drug-likeness (QED) is 0.204. The van der Waals surface area contributed by atoms with Gasteiger partial charge < -0.3 is 20.6 Å². The minimum atomic E-state index is -1.08. The second-order valence-corrected chi connectivity index (χ2v) is 18.3. The standard InChI is InChI=1S/C41H58N2O7/c1-37(2)19-20-41(36(50)42-21-22-43(23-32(44)45)24-33(46)47)18-14-29-27(34(37)41)11-12-31-39(29,5)17-15-30-38(3,4)28(13-16-40(30,31)6)25-7-9-26(10-8-25)35(48)49/h7-10,13,27,29-31,34H,11-12,14-24H2,1-6H3,(H,42,50)(H,44,45)(H,46,47)(H,48,49)/t27?,29?,30?,31?,34?,39?,40?,41-/m1/s1. The number of fused-ring (bicyclic) bond motifs is 7. The van der Waals surface area contributed by atoms with Gasteiger partial charge in [0.1, 0.15) is 0 Å². The zero-order valence-corrected chi connectivity index (χ0v) is 30.9. The Morgan fingerprint density at radius 1 is 0.780 bits per heavy atom. The van der Waals surface area contributed by atoms with E-state index in [0.29, 0.717) is 29.2 Å². The number of carboxylic acids is 3. The normalized spacial score (nSPS) is 36.6. The highest BCUT2D eigenvalue weighted by Crippen LogP contribution is 2.75. The van der Waals surface area contributed by atoms with Crippen LogP contribution in [0.5, 0.6) is 0 Å². The predicted molar refractivity (Wildman–Crippen MR) is 191 cm³/mol. The van der Waals surface area contributed by atoms with Gasteiger partial charge in [0.15, 0.2) is 0 Å². The number of carboxylic acid groups (broad SMARTS) is 3. The van der Waals surface area contributed by atoms with Gasteiger partial charge >= 0.3 is 17.9 Å². The van der Waals surface area contributed by atoms with Crippen LogP contribution in [0, 0.1) is 56.7 Å². The molecule has 9 heteroatoms. The molecule has 50 heavy (non-hydrogen) atoms. The molecular formula is C41H58N2O7. The molecule has 0 bridgehead atoms. The first-order valence-electron chi connectivity index (χ1n) is 18.9. The van der Waals surface area contributed by atoms with Crippen LogP contribution in [0.1, 0.15) is 115 Å². The first-order valence-corrected chi connectivity index (χ1v) is 18.9. The average molecular weight is 691 g/mol. The molecule has 0 spiro atoms. The molecular weight excluding hydrogens is 632 g/mol. The molecule has 1 aromatic rings. The summed E-state index contributed by atoms with van der Waals surface area (Å²) >= 11 is 0. The molecule has 0 saturated heterocycles. The molecule has 8 atom stereocenters. The zero-order chi connectivity index (χ0) is 36.4. The molecule has 4 fully saturated rings. The number of rotatable bonds is 10. The maximum absolute atomic E-state index is 14.3. The van der Waals surface area contributed by atoms with E-state index in [4.69, 9.17) is 0 Å². The highest BCUT2D eigenvalue weighted by Gasteiger charge is 2.68. The fourth-order valence-corrected chi connectivity index (χ4v) is 13.3. The van der Waals surface area contributed by atoms with Crippen LogP contribution in [-0.4, -0.2) is 70.2 Å². The van der Waals surface area contributed by atoms with Crippen molar-refractivity contribution in [3.8, 4) is 0 Å². The van der Waals surface area contributed by atoms with Gasteiger partial charge in [0.25, 0.3) is 0 Å². The monoisotopic (exact) mass is 690 g/mol. The Morgan fingerprint density at radius 3 is 2.06 bits per heavy atom. The second kappa shape index (κ2) is 12.8. The molecule has 9 nitrogen and oxygen atoms in total. The van der Waals surface area contributed by atoms with Gasteiger partial charge in [-0.3, -0.25) is 19.3 Å². The Bertz CT molecular complexity index is 1550. The fraction of sp³-hybridized carbons (Fsp3) is 0.707. The van der Waals surface area contributed by atoms with Crippen molar-refractivity contribution in [2.45, 2.75) is 99.3 Å². The largest absolute Gasteiger partial charge is 0.480 e. The Balaban J connectivity index is 1.22. The number of carbonyl (C=O) groups is 4. The van der Waals surface area contributed by atoms with Crippen LogP contribution < -0.4 is 5.32 Å². The maximum Gasteiger partial charge on any atom is 0.335 e. The van der Waals surface area contributed by atoms with Gasteiger partial charge in [-0.1, -0.05) is 59.8 Å². The van der Waals surface area contributed by atoms with Crippen molar-refractivity contribution in [3.63, 3.8) is 0 Å². The van der Waals surface area contributed by atoms with Gasteiger partial charge in [-0.2, -0.15) is 0 Å². The number of benzene rings is 1. The van der Waals surface area contributed by atoms with Gasteiger partial charge in [0.2, 0.25) is 5.91 Å². The lowest BCUT2D eigenvalue weighted by Crippen LogP contribution is -2.63. The van der Waals surface area contributed by atoms with E-state index in [1.54, 1.807) is 12.1 Å². The number of amides is 1. The van der Waals surface area contributed by atoms with E-state index in [1.807, 2.05) is 12.1 Å². The first-order chi connectivity index (χ1) is 23.4. The number of carbonyl (C=O) groups excluding carboxylic acids is 1. The van der Waals surface area contributed by atoms with Crippen LogP contribution in [0.4, 0.5) is 0 Å². The Hall–Kier alpha value is -3.20. The summed E-state index contributed by atoms with van der Waals surface area (Å²) in [5.74, 6) is -0.595. The van der Waals surface area contributed by atoms with Crippen LogP contribution >= 0.6 is 0 Å². The Kier molecular flexibility index (Phi) is 9.35. The third-order valence-corrected chi connectivity index (χ3v) is 15.1. The SMILES string of the molecule is CC1(C)CC[C@]2(C(=O)NCCN(CC(=O)O)CC(=O)O)CCC3C(CCC4C3(C)CCC3C(C)(C)C(c5ccc(C(=O)O)cc5)=CCC34C)C12. The maximum atomic E-state index is 14.3. The number of nitrogens with zero attached hydrogens (tertiary/aromatic N) is 1. The topological polar surface area (TPSA) is 144 Å². The third-order valence-electron chi connectivity index (χ3n) is 15.1. The summed E-state index contributed by atoms with van der Waals surface area (Å²) in [6, 6.07) is 7.41. The van der Waals surface area contributed by atoms with Crippen molar-refractivity contribution >= 4 is 29.4 Å². The van der Waals surface area contributed by atoms with E-state index in [0.717, 1.165) is 50.5 Å². The molecule has 0 aliphatic heterocycles. The van der Waals surface area contributed by atoms with E-state index >= 15 is 0 Å². The Morgan fingerprint density at radius 2 is 1.44 bits per heavy atom. The minimum absolute atomic E-state index is 0.0320. The molecule has 0 heterocycles. The highest BCUT2D eigenvalue weighted by molar-refractivity contribution is 5.88. The smallest absolute Gasteiger partial charge is 0.335 e. The summed E-state index contributed by atoms with van der Waals surface area (Å²) in [6.45, 7) is 14.3. The lowest BCUT2D eigenvalue weighted by Gasteiger charge is -2.69. The molecule has 4 saturated carbocycles. The van der Waals surface area contributed by atoms with Gasteiger partial charge in [0.05, 0.1) is 24.1 Å². The van der Waals surface area contributed by atoms with E-state index in [1.165, 1.54) is 23.3 Å². The minimum Gasteiger partial charge on any atom is -0.480 e. The van der Waals surface area contributed by atoms with Crippen LogP contribution in [0.25, 0.3) is 5.57 Å². The molecule has 7 unspecified atom stereocenters. The Labute approximate surface area is 297 Å². The van der Waals surface area contributed by atoms with Crippen LogP contribution in [-0.2, 0) is 14.4 Å². The zero-order valence-electron chi connectivity index (χ0n) is 30.9. The van der Waals surface area contributed by atoms with Crippen LogP contribution in [0.3, 0.4) is 0 Å². The molecule has 1 aromatic carbocycles. The fourth-order valence-electron chi connectivity index (χ4n) is 13.3. The van der Waals surface area contributed by atoms with Crippen molar-refractivity contribution in [2.75, 3.05) is 26.2 Å². The van der Waals surface area contributed by atoms with E-state index in [9.17, 15) is 34.5 Å². The molecule has 5 aliphatic carbocycles. The summed E-state index contributed by atoms with van der Waals surface area (Å²) in [5.41, 5.74) is 2.66. The molecule has 0 radical (unpaired) electrons. The second-order valence-electron chi connectivity index (χ2n) is 18.3. The predicted octanol–water partition coefficient (Wildman–Crippen LogP) is 7.07. The van der Waals surface area contributed by atoms with E-state index < -0.39 is 23.3 Å². The van der Waals surface area contributed by atoms with Crippen molar-refractivity contribution in [1.82, 2.24) is 10.2 Å². The third kappa shape index (κ3) is 5.89. The summed E-state index contributed by atoms with van der Waals surface area (Å²) in [5, 5.41) is 31.1. The van der Waals surface area contributed by atoms with Gasteiger partial charge in [0, 0.05) is 13.1 Å². The molecule has 274 valence electrons. The van der Waals surface area contributed by atoms with Gasteiger partial charge in [-0.05, 0) is 132 Å². The van der Waals surface area contributed by atoms with Gasteiger partial charge in [-0.25, -0.2) is 4.79 Å². The molecule has 0 aromatic heterocycles. The molecule has 6 rings (SSSR count). The van der Waals surface area contributed by atoms with Crippen molar-refractivity contribution in [3.05, 3.63) is 41.5 Å². The summed E-state index contributed by atoms with van der Waals surface area (Å²) < 4.78 is 0. The van der Waals surface area contributed by atoms with Gasteiger partial charge in [-0.15, -0.1) is 0 Å². The molecule has 4 N–H and O–H groups in total. The van der Waals surface area contributed by atoms with Crippen molar-refractivity contribution < 1.29 is 34.5 Å². The number of aliphatic carboxylic acids is 2. The van der Waals surface area contributed by atoms with Crippen LogP contribution in [0.2, 0.25) is 0 Å². The summed E-state index contributed by atoms with van der Waals surface area (Å²) in [6.07, 6.45) is 11.9. The highest BCUT2D eigenvalue weighted by atomic mass is 16.4. The van der Waals surface area contributed by atoms with E-state index in [-0.39, 0.29) is 59.7 Å². The number of hydrogen-bond acceptors (Lipinski definition) is 5. The lowest BCUT2D eigenvalue weighted by molar-refractivity contribution is -0.189. The van der Waals surface area contributed by atoms with E-state index in [2.05, 4.69) is 52.9 Å².